The first-order valence-electron chi connectivity index (χ1n) is 6.00. The summed E-state index contributed by atoms with van der Waals surface area (Å²) in [7, 11) is -2.82. The van der Waals surface area contributed by atoms with Crippen molar-refractivity contribution in [2.24, 2.45) is 0 Å². The first kappa shape index (κ1) is 14.3. The smallest absolute Gasteiger partial charge is 0.147 e. The monoisotopic (exact) mass is 267 g/mol. The molecule has 0 aromatic rings. The fourth-order valence-corrected chi connectivity index (χ4v) is 3.24. The standard InChI is InChI=1S/C11H22ClNO2S/c1-16(14,15)9-5-8-13-7-4-2-3-6-11(13)10-12/h11H,2-10H2,1H3. The number of nitrogens with zero attached hydrogens (tertiary/aromatic N) is 1. The van der Waals surface area contributed by atoms with E-state index in [2.05, 4.69) is 4.90 Å². The first-order valence-corrected chi connectivity index (χ1v) is 8.60. The molecule has 1 aliphatic rings. The topological polar surface area (TPSA) is 37.4 Å². The Bertz CT molecular complexity index is 292. The average molecular weight is 268 g/mol. The minimum atomic E-state index is -2.82. The number of hydrogen-bond donors (Lipinski definition) is 0. The second kappa shape index (κ2) is 6.82. The number of alkyl halides is 1. The van der Waals surface area contributed by atoms with Crippen molar-refractivity contribution >= 4 is 21.4 Å². The Morgan fingerprint density at radius 3 is 2.69 bits per heavy atom. The highest BCUT2D eigenvalue weighted by molar-refractivity contribution is 7.90. The van der Waals surface area contributed by atoms with Gasteiger partial charge in [0.05, 0.1) is 5.75 Å². The largest absolute Gasteiger partial charge is 0.299 e. The minimum Gasteiger partial charge on any atom is -0.299 e. The lowest BCUT2D eigenvalue weighted by molar-refractivity contribution is 0.217. The van der Waals surface area contributed by atoms with Crippen LogP contribution < -0.4 is 0 Å². The molecule has 0 aliphatic carbocycles. The number of halogens is 1. The maximum absolute atomic E-state index is 11.0. The van der Waals surface area contributed by atoms with Crippen LogP contribution in [0, 0.1) is 0 Å². The van der Waals surface area contributed by atoms with Crippen LogP contribution >= 0.6 is 11.6 Å². The molecular formula is C11H22ClNO2S. The van der Waals surface area contributed by atoms with E-state index in [1.807, 2.05) is 0 Å². The molecule has 0 aromatic heterocycles. The highest BCUT2D eigenvalue weighted by Gasteiger charge is 2.19. The summed E-state index contributed by atoms with van der Waals surface area (Å²) in [6.07, 6.45) is 6.92. The van der Waals surface area contributed by atoms with Gasteiger partial charge in [-0.25, -0.2) is 8.42 Å². The fourth-order valence-electron chi connectivity index (χ4n) is 2.24. The molecule has 16 heavy (non-hydrogen) atoms. The molecule has 1 saturated heterocycles. The van der Waals surface area contributed by atoms with E-state index < -0.39 is 9.84 Å². The lowest BCUT2D eigenvalue weighted by Crippen LogP contribution is -2.37. The van der Waals surface area contributed by atoms with Gasteiger partial charge in [0.1, 0.15) is 9.84 Å². The predicted octanol–water partition coefficient (Wildman–Crippen LogP) is 1.90. The van der Waals surface area contributed by atoms with Crippen molar-refractivity contribution in [3.8, 4) is 0 Å². The van der Waals surface area contributed by atoms with Gasteiger partial charge in [-0.05, 0) is 32.4 Å². The molecule has 0 bridgehead atoms. The number of sulfone groups is 1. The maximum Gasteiger partial charge on any atom is 0.147 e. The summed E-state index contributed by atoms with van der Waals surface area (Å²) in [6, 6.07) is 0.448. The van der Waals surface area contributed by atoms with E-state index in [0.29, 0.717) is 17.7 Å². The van der Waals surface area contributed by atoms with E-state index in [1.54, 1.807) is 0 Å². The number of likely N-dealkylation sites (tertiary alicyclic amines) is 1. The molecule has 0 amide bonds. The van der Waals surface area contributed by atoms with Crippen LogP contribution in [0.2, 0.25) is 0 Å². The van der Waals surface area contributed by atoms with E-state index >= 15 is 0 Å². The fraction of sp³-hybridized carbons (Fsp3) is 1.00. The Kier molecular flexibility index (Phi) is 6.08. The van der Waals surface area contributed by atoms with Crippen molar-refractivity contribution in [2.45, 2.75) is 38.1 Å². The molecule has 1 aliphatic heterocycles. The van der Waals surface area contributed by atoms with Gasteiger partial charge in [-0.3, -0.25) is 4.90 Å². The summed E-state index contributed by atoms with van der Waals surface area (Å²) in [6.45, 7) is 1.94. The van der Waals surface area contributed by atoms with Crippen molar-refractivity contribution < 1.29 is 8.42 Å². The Labute approximate surface area is 104 Å². The van der Waals surface area contributed by atoms with Crippen LogP contribution in [0.3, 0.4) is 0 Å². The number of hydrogen-bond acceptors (Lipinski definition) is 3. The lowest BCUT2D eigenvalue weighted by atomic mass is 10.1. The third kappa shape index (κ3) is 5.51. The van der Waals surface area contributed by atoms with E-state index in [-0.39, 0.29) is 0 Å². The van der Waals surface area contributed by atoms with Gasteiger partial charge >= 0.3 is 0 Å². The molecule has 1 atom stereocenters. The van der Waals surface area contributed by atoms with Crippen molar-refractivity contribution in [1.29, 1.82) is 0 Å². The van der Waals surface area contributed by atoms with Crippen molar-refractivity contribution in [1.82, 2.24) is 4.90 Å². The second-order valence-electron chi connectivity index (χ2n) is 4.68. The Morgan fingerprint density at radius 2 is 2.06 bits per heavy atom. The summed E-state index contributed by atoms with van der Waals surface area (Å²) in [5.74, 6) is 0.956. The zero-order valence-electron chi connectivity index (χ0n) is 9.99. The Hall–Kier alpha value is 0.200. The molecule has 1 rings (SSSR count). The molecule has 1 fully saturated rings. The maximum atomic E-state index is 11.0. The summed E-state index contributed by atoms with van der Waals surface area (Å²) < 4.78 is 22.1. The van der Waals surface area contributed by atoms with Gasteiger partial charge in [-0.15, -0.1) is 11.6 Å². The van der Waals surface area contributed by atoms with Gasteiger partial charge < -0.3 is 0 Å². The van der Waals surface area contributed by atoms with Gasteiger partial charge in [0.25, 0.3) is 0 Å². The van der Waals surface area contributed by atoms with Crippen LogP contribution in [0.5, 0.6) is 0 Å². The van der Waals surface area contributed by atoms with Gasteiger partial charge in [-0.1, -0.05) is 12.8 Å². The van der Waals surface area contributed by atoms with Crippen molar-refractivity contribution in [3.05, 3.63) is 0 Å². The van der Waals surface area contributed by atoms with Crippen LogP contribution in [-0.2, 0) is 9.84 Å². The quantitative estimate of drug-likeness (QED) is 0.714. The third-order valence-corrected chi connectivity index (χ3v) is 4.52. The van der Waals surface area contributed by atoms with Crippen LogP contribution in [0.1, 0.15) is 32.1 Å². The highest BCUT2D eigenvalue weighted by Crippen LogP contribution is 2.18. The summed E-state index contributed by atoms with van der Waals surface area (Å²) in [5.41, 5.74) is 0. The molecule has 0 saturated carbocycles. The highest BCUT2D eigenvalue weighted by atomic mass is 35.5. The lowest BCUT2D eigenvalue weighted by Gasteiger charge is -2.28. The molecular weight excluding hydrogens is 246 g/mol. The molecule has 0 aromatic carbocycles. The zero-order valence-corrected chi connectivity index (χ0v) is 11.6. The van der Waals surface area contributed by atoms with E-state index in [9.17, 15) is 8.42 Å². The van der Waals surface area contributed by atoms with Crippen LogP contribution in [0.4, 0.5) is 0 Å². The van der Waals surface area contributed by atoms with Crippen molar-refractivity contribution in [3.63, 3.8) is 0 Å². The molecule has 1 unspecified atom stereocenters. The molecule has 0 radical (unpaired) electrons. The SMILES string of the molecule is CS(=O)(=O)CCCN1CCCCCC1CCl. The first-order chi connectivity index (χ1) is 7.53. The zero-order chi connectivity index (χ0) is 12.0. The predicted molar refractivity (Wildman–Crippen MR) is 68.9 cm³/mol. The van der Waals surface area contributed by atoms with E-state index in [0.717, 1.165) is 25.9 Å². The Balaban J connectivity index is 2.37. The van der Waals surface area contributed by atoms with Crippen molar-refractivity contribution in [2.75, 3.05) is 31.0 Å². The minimum absolute atomic E-state index is 0.290. The van der Waals surface area contributed by atoms with Gasteiger partial charge in [0.2, 0.25) is 0 Å². The second-order valence-corrected chi connectivity index (χ2v) is 7.25. The summed E-state index contributed by atoms with van der Waals surface area (Å²) >= 11 is 5.96. The van der Waals surface area contributed by atoms with Gasteiger partial charge in [-0.2, -0.15) is 0 Å². The molecule has 0 N–H and O–H groups in total. The molecule has 5 heteroatoms. The molecule has 3 nitrogen and oxygen atoms in total. The number of rotatable bonds is 5. The van der Waals surface area contributed by atoms with Crippen LogP contribution in [0.15, 0.2) is 0 Å². The molecule has 1 heterocycles. The third-order valence-electron chi connectivity index (χ3n) is 3.14. The normalized spacial score (nSPS) is 24.2. The summed E-state index contributed by atoms with van der Waals surface area (Å²) in [4.78, 5) is 2.37. The van der Waals surface area contributed by atoms with E-state index in [4.69, 9.17) is 11.6 Å². The van der Waals surface area contributed by atoms with Gasteiger partial charge in [0.15, 0.2) is 0 Å². The van der Waals surface area contributed by atoms with Crippen LogP contribution in [0.25, 0.3) is 0 Å². The average Bonchev–Trinajstić information content (AvgIpc) is 2.41. The van der Waals surface area contributed by atoms with E-state index in [1.165, 1.54) is 25.5 Å². The van der Waals surface area contributed by atoms with Gasteiger partial charge in [0, 0.05) is 18.2 Å². The molecule has 0 spiro atoms. The Morgan fingerprint density at radius 1 is 1.31 bits per heavy atom. The molecule has 96 valence electrons. The summed E-state index contributed by atoms with van der Waals surface area (Å²) in [5, 5.41) is 0. The van der Waals surface area contributed by atoms with Crippen LogP contribution in [-0.4, -0.2) is 50.3 Å².